The highest BCUT2D eigenvalue weighted by molar-refractivity contribution is 7.84. The van der Waals surface area contributed by atoms with Gasteiger partial charge in [0.05, 0.1) is 0 Å². The predicted molar refractivity (Wildman–Crippen MR) is 80.7 cm³/mol. The number of nitrogen functional groups attached to an aromatic ring is 1. The van der Waals surface area contributed by atoms with E-state index in [0.717, 1.165) is 17.2 Å². The molecule has 0 aliphatic rings. The average molecular weight is 285 g/mol. The zero-order chi connectivity index (χ0) is 14.6. The van der Waals surface area contributed by atoms with Crippen LogP contribution < -0.4 is 16.6 Å². The van der Waals surface area contributed by atoms with Gasteiger partial charge in [0.25, 0.3) is 0 Å². The standard InChI is InChI=1S/C12H23N5OS/c1-7(2)10-15-11(9(4)12(16-10)17-13)14-8(3)6-19(5)18/h7-8H,6,13H2,1-5H3,(H2,14,15,16,17). The van der Waals surface area contributed by atoms with E-state index in [9.17, 15) is 4.21 Å². The van der Waals surface area contributed by atoms with E-state index in [-0.39, 0.29) is 12.0 Å². The van der Waals surface area contributed by atoms with Crippen LogP contribution in [0.15, 0.2) is 0 Å². The lowest BCUT2D eigenvalue weighted by molar-refractivity contribution is 0.682. The molecule has 0 aromatic carbocycles. The molecule has 0 spiro atoms. The summed E-state index contributed by atoms with van der Waals surface area (Å²) in [5.74, 6) is 8.36. The third kappa shape index (κ3) is 4.43. The number of hydrogen-bond acceptors (Lipinski definition) is 6. The number of rotatable bonds is 6. The minimum absolute atomic E-state index is 0.0741. The van der Waals surface area contributed by atoms with E-state index in [4.69, 9.17) is 5.84 Å². The molecule has 0 aliphatic carbocycles. The Labute approximate surface area is 117 Å². The van der Waals surface area contributed by atoms with Gasteiger partial charge in [-0.3, -0.25) is 4.21 Å². The summed E-state index contributed by atoms with van der Waals surface area (Å²) in [4.78, 5) is 8.88. The molecule has 0 fully saturated rings. The maximum absolute atomic E-state index is 11.2. The van der Waals surface area contributed by atoms with Crippen LogP contribution in [0.4, 0.5) is 11.6 Å². The van der Waals surface area contributed by atoms with Crippen molar-refractivity contribution < 1.29 is 4.21 Å². The number of hydrogen-bond donors (Lipinski definition) is 3. The molecular weight excluding hydrogens is 262 g/mol. The lowest BCUT2D eigenvalue weighted by Gasteiger charge is -2.18. The van der Waals surface area contributed by atoms with Gasteiger partial charge in [0.1, 0.15) is 17.5 Å². The average Bonchev–Trinajstić information content (AvgIpc) is 2.30. The van der Waals surface area contributed by atoms with E-state index in [1.807, 2.05) is 27.7 Å². The van der Waals surface area contributed by atoms with Gasteiger partial charge in [-0.15, -0.1) is 0 Å². The maximum Gasteiger partial charge on any atom is 0.148 e. The number of aromatic nitrogens is 2. The van der Waals surface area contributed by atoms with Crippen LogP contribution in [0.1, 0.15) is 38.1 Å². The van der Waals surface area contributed by atoms with Crippen LogP contribution in [-0.4, -0.2) is 32.2 Å². The quantitative estimate of drug-likeness (QED) is 0.540. The first-order chi connectivity index (χ1) is 8.85. The van der Waals surface area contributed by atoms with Crippen LogP contribution in [-0.2, 0) is 10.8 Å². The summed E-state index contributed by atoms with van der Waals surface area (Å²) in [5.41, 5.74) is 3.46. The second-order valence-electron chi connectivity index (χ2n) is 4.99. The van der Waals surface area contributed by atoms with Crippen molar-refractivity contribution in [2.75, 3.05) is 22.8 Å². The fourth-order valence-electron chi connectivity index (χ4n) is 1.70. The van der Waals surface area contributed by atoms with Gasteiger partial charge in [0.2, 0.25) is 0 Å². The minimum atomic E-state index is -0.843. The molecule has 1 rings (SSSR count). The molecule has 0 bridgehead atoms. The number of nitrogens with two attached hydrogens (primary N) is 1. The maximum atomic E-state index is 11.2. The summed E-state index contributed by atoms with van der Waals surface area (Å²) in [5, 5.41) is 3.27. The van der Waals surface area contributed by atoms with Gasteiger partial charge in [-0.1, -0.05) is 13.8 Å². The Kier molecular flexibility index (Phi) is 5.68. The SMILES string of the molecule is Cc1c(NN)nc(C(C)C)nc1NC(C)CS(C)=O. The largest absolute Gasteiger partial charge is 0.366 e. The van der Waals surface area contributed by atoms with Gasteiger partial charge < -0.3 is 10.7 Å². The molecule has 6 nitrogen and oxygen atoms in total. The van der Waals surface area contributed by atoms with Crippen LogP contribution in [0.25, 0.3) is 0 Å². The monoisotopic (exact) mass is 285 g/mol. The van der Waals surface area contributed by atoms with E-state index >= 15 is 0 Å². The fourth-order valence-corrected chi connectivity index (χ4v) is 2.49. The van der Waals surface area contributed by atoms with Crippen molar-refractivity contribution in [2.24, 2.45) is 5.84 Å². The molecule has 1 heterocycles. The Morgan fingerprint density at radius 3 is 2.32 bits per heavy atom. The van der Waals surface area contributed by atoms with E-state index < -0.39 is 10.8 Å². The van der Waals surface area contributed by atoms with Crippen LogP contribution in [0, 0.1) is 6.92 Å². The number of nitrogens with zero attached hydrogens (tertiary/aromatic N) is 2. The Balaban J connectivity index is 3.04. The lowest BCUT2D eigenvalue weighted by atomic mass is 10.2. The zero-order valence-electron chi connectivity index (χ0n) is 12.2. The summed E-state index contributed by atoms with van der Waals surface area (Å²) >= 11 is 0. The molecule has 0 aliphatic heterocycles. The second kappa shape index (κ2) is 6.81. The van der Waals surface area contributed by atoms with Crippen molar-refractivity contribution in [1.29, 1.82) is 0 Å². The van der Waals surface area contributed by atoms with Gasteiger partial charge in [-0.25, -0.2) is 15.8 Å². The first-order valence-electron chi connectivity index (χ1n) is 6.26. The number of nitrogens with one attached hydrogen (secondary N) is 2. The molecule has 0 amide bonds. The number of hydrazine groups is 1. The van der Waals surface area contributed by atoms with E-state index in [0.29, 0.717) is 11.6 Å². The Hall–Kier alpha value is -1.21. The normalized spacial score (nSPS) is 14.3. The molecule has 7 heteroatoms. The molecule has 2 atom stereocenters. The summed E-state index contributed by atoms with van der Waals surface area (Å²) in [7, 11) is -0.843. The van der Waals surface area contributed by atoms with Gasteiger partial charge in [0.15, 0.2) is 0 Å². The molecule has 4 N–H and O–H groups in total. The summed E-state index contributed by atoms with van der Waals surface area (Å²) in [6, 6.07) is 0.0741. The molecule has 0 saturated carbocycles. The van der Waals surface area contributed by atoms with Crippen LogP contribution >= 0.6 is 0 Å². The van der Waals surface area contributed by atoms with Crippen LogP contribution in [0.2, 0.25) is 0 Å². The van der Waals surface area contributed by atoms with Gasteiger partial charge >= 0.3 is 0 Å². The third-order valence-electron chi connectivity index (χ3n) is 2.68. The summed E-state index contributed by atoms with van der Waals surface area (Å²) < 4.78 is 11.2. The third-order valence-corrected chi connectivity index (χ3v) is 3.65. The van der Waals surface area contributed by atoms with Gasteiger partial charge in [-0.05, 0) is 13.8 Å². The molecule has 1 aromatic heterocycles. The Bertz CT molecular complexity index is 464. The van der Waals surface area contributed by atoms with Gasteiger partial charge in [0, 0.05) is 40.3 Å². The Morgan fingerprint density at radius 2 is 1.84 bits per heavy atom. The zero-order valence-corrected chi connectivity index (χ0v) is 13.0. The molecule has 108 valence electrons. The van der Waals surface area contributed by atoms with Crippen molar-refractivity contribution in [2.45, 2.75) is 39.7 Å². The van der Waals surface area contributed by atoms with Crippen molar-refractivity contribution in [1.82, 2.24) is 9.97 Å². The van der Waals surface area contributed by atoms with Crippen LogP contribution in [0.5, 0.6) is 0 Å². The van der Waals surface area contributed by atoms with E-state index in [2.05, 4.69) is 20.7 Å². The second-order valence-corrected chi connectivity index (χ2v) is 6.47. The topological polar surface area (TPSA) is 92.9 Å². The highest BCUT2D eigenvalue weighted by Crippen LogP contribution is 2.23. The molecule has 0 radical (unpaired) electrons. The van der Waals surface area contributed by atoms with Crippen molar-refractivity contribution in [3.8, 4) is 0 Å². The predicted octanol–water partition coefficient (Wildman–Crippen LogP) is 1.37. The van der Waals surface area contributed by atoms with E-state index in [1.165, 1.54) is 0 Å². The molecule has 2 unspecified atom stereocenters. The lowest BCUT2D eigenvalue weighted by Crippen LogP contribution is -2.24. The number of anilines is 2. The highest BCUT2D eigenvalue weighted by atomic mass is 32.2. The Morgan fingerprint density at radius 1 is 1.26 bits per heavy atom. The minimum Gasteiger partial charge on any atom is -0.366 e. The first-order valence-corrected chi connectivity index (χ1v) is 7.99. The molecule has 19 heavy (non-hydrogen) atoms. The molecular formula is C12H23N5OS. The van der Waals surface area contributed by atoms with Crippen LogP contribution in [0.3, 0.4) is 0 Å². The van der Waals surface area contributed by atoms with Crippen molar-refractivity contribution >= 4 is 22.4 Å². The highest BCUT2D eigenvalue weighted by Gasteiger charge is 2.14. The van der Waals surface area contributed by atoms with Crippen molar-refractivity contribution in [3.63, 3.8) is 0 Å². The van der Waals surface area contributed by atoms with E-state index in [1.54, 1.807) is 6.26 Å². The summed E-state index contributed by atoms with van der Waals surface area (Å²) in [6.45, 7) is 7.93. The fraction of sp³-hybridized carbons (Fsp3) is 0.667. The smallest absolute Gasteiger partial charge is 0.148 e. The van der Waals surface area contributed by atoms with Gasteiger partial charge in [-0.2, -0.15) is 0 Å². The molecule has 0 saturated heterocycles. The summed E-state index contributed by atoms with van der Waals surface area (Å²) in [6.07, 6.45) is 1.69. The first kappa shape index (κ1) is 15.8. The van der Waals surface area contributed by atoms with Crippen molar-refractivity contribution in [3.05, 3.63) is 11.4 Å². The molecule has 1 aromatic rings.